The molecule has 0 spiro atoms. The highest BCUT2D eigenvalue weighted by molar-refractivity contribution is 6.13. The monoisotopic (exact) mass is 1400 g/mol. The van der Waals surface area contributed by atoms with E-state index in [1.54, 1.807) is 21.8 Å². The second kappa shape index (κ2) is 45.2. The molecule has 5 heterocycles. The molecule has 11 atom stereocenters. The van der Waals surface area contributed by atoms with Gasteiger partial charge < -0.3 is 97.1 Å². The lowest BCUT2D eigenvalue weighted by atomic mass is 9.94. The number of hydrogen-bond donors (Lipinski definition) is 4. The van der Waals surface area contributed by atoms with E-state index in [2.05, 4.69) is 41.9 Å². The van der Waals surface area contributed by atoms with E-state index in [0.29, 0.717) is 37.3 Å². The van der Waals surface area contributed by atoms with Gasteiger partial charge in [0.05, 0.1) is 150 Å². The molecule has 2 saturated heterocycles. The minimum Gasteiger partial charge on any atom is -0.456 e. The molecule has 0 aliphatic carbocycles. The number of carbonyl (C=O) groups is 10. The Morgan fingerprint density at radius 1 is 0.480 bits per heavy atom. The molecule has 0 radical (unpaired) electrons. The Hall–Kier alpha value is -7.56. The van der Waals surface area contributed by atoms with E-state index in [4.69, 9.17) is 75.8 Å². The Bertz CT molecular complexity index is 2690. The lowest BCUT2D eigenvalue weighted by Crippen LogP contribution is -2.65. The van der Waals surface area contributed by atoms with Crippen molar-refractivity contribution in [3.05, 3.63) is 35.9 Å². The summed E-state index contributed by atoms with van der Waals surface area (Å²) in [6.45, 7) is 14.7. The van der Waals surface area contributed by atoms with Crippen LogP contribution in [0.2, 0.25) is 0 Å². The zero-order valence-corrected chi connectivity index (χ0v) is 56.8. The topological polar surface area (TPSA) is 431 Å². The number of aromatic nitrogens is 6. The summed E-state index contributed by atoms with van der Waals surface area (Å²) in [5, 5.41) is 27.7. The molecule has 98 heavy (non-hydrogen) atoms. The molecule has 3 aliphatic rings. The SMILES string of the molecule is CCC1O[C@H](OCCOCCOCCn2cc(COCC(COCc3cn(CCOCCOCCO[C@H]4OC(CC)[C@@H](OC(C)=O)[C@@H](OC(C)=O)C4NC(C)=O)nn3)NC(=O)CCOCCOCCNC(=O)CCN3C(=O)C=CC3=O)nn2)[C@H](NC(C)=O)C(OC(C)=O)[C@@H]1OC(C)=O. The highest BCUT2D eigenvalue weighted by Gasteiger charge is 2.52. The molecular weight excluding hydrogens is 1300 g/mol. The average Bonchev–Trinajstić information content (AvgIpc) is 1.05. The Kier molecular flexibility index (Phi) is 37.4. The highest BCUT2D eigenvalue weighted by Crippen LogP contribution is 2.31. The molecule has 5 unspecified atom stereocenters. The molecule has 0 saturated carbocycles. The van der Waals surface area contributed by atoms with E-state index in [1.807, 2.05) is 13.8 Å². The van der Waals surface area contributed by atoms with Crippen LogP contribution in [0.25, 0.3) is 0 Å². The van der Waals surface area contributed by atoms with Crippen LogP contribution in [-0.2, 0) is 150 Å². The summed E-state index contributed by atoms with van der Waals surface area (Å²) in [7, 11) is 0. The van der Waals surface area contributed by atoms with Gasteiger partial charge in [0.2, 0.25) is 23.6 Å². The van der Waals surface area contributed by atoms with Gasteiger partial charge in [-0.25, -0.2) is 9.36 Å². The number of esters is 4. The molecule has 2 aromatic heterocycles. The van der Waals surface area contributed by atoms with Crippen LogP contribution in [0.1, 0.15) is 92.5 Å². The van der Waals surface area contributed by atoms with Gasteiger partial charge in [0.25, 0.3) is 11.8 Å². The van der Waals surface area contributed by atoms with Crippen LogP contribution >= 0.6 is 0 Å². The summed E-state index contributed by atoms with van der Waals surface area (Å²) in [5.41, 5.74) is 1.03. The number of nitrogens with zero attached hydrogens (tertiary/aromatic N) is 7. The van der Waals surface area contributed by atoms with Gasteiger partial charge in [-0.15, -0.1) is 10.2 Å². The van der Waals surface area contributed by atoms with Gasteiger partial charge in [0, 0.05) is 79.6 Å². The first-order valence-corrected chi connectivity index (χ1v) is 32.4. The van der Waals surface area contributed by atoms with Crippen molar-refractivity contribution in [1.29, 1.82) is 0 Å². The number of amides is 6. The fourth-order valence-corrected chi connectivity index (χ4v) is 10.0. The number of ether oxygens (including phenoxy) is 16. The van der Waals surface area contributed by atoms with Crippen molar-refractivity contribution in [3.8, 4) is 0 Å². The molecule has 6 amide bonds. The Morgan fingerprint density at radius 3 is 1.30 bits per heavy atom. The van der Waals surface area contributed by atoms with Gasteiger partial charge in [-0.3, -0.25) is 52.8 Å². The minimum atomic E-state index is -1.07. The predicted octanol–water partition coefficient (Wildman–Crippen LogP) is -1.95. The van der Waals surface area contributed by atoms with Crippen molar-refractivity contribution in [2.75, 3.05) is 119 Å². The van der Waals surface area contributed by atoms with E-state index in [0.717, 1.165) is 17.1 Å². The molecule has 5 rings (SSSR count). The van der Waals surface area contributed by atoms with Crippen molar-refractivity contribution in [2.45, 2.75) is 175 Å². The summed E-state index contributed by atoms with van der Waals surface area (Å²) < 4.78 is 95.0. The molecule has 550 valence electrons. The maximum absolute atomic E-state index is 13.1. The largest absolute Gasteiger partial charge is 0.456 e. The molecule has 2 aromatic rings. The van der Waals surface area contributed by atoms with Crippen molar-refractivity contribution in [1.82, 2.24) is 56.2 Å². The summed E-state index contributed by atoms with van der Waals surface area (Å²) in [6, 6.07) is -2.57. The highest BCUT2D eigenvalue weighted by atomic mass is 16.7. The van der Waals surface area contributed by atoms with Gasteiger partial charge in [-0.1, -0.05) is 24.3 Å². The average molecular weight is 1400 g/mol. The van der Waals surface area contributed by atoms with E-state index < -0.39 is 115 Å². The van der Waals surface area contributed by atoms with Crippen molar-refractivity contribution in [2.24, 2.45) is 0 Å². The van der Waals surface area contributed by atoms with Crippen LogP contribution in [0.4, 0.5) is 0 Å². The second-order valence-electron chi connectivity index (χ2n) is 22.3. The summed E-state index contributed by atoms with van der Waals surface area (Å²) in [6.07, 6.45) is -1.08. The molecule has 4 N–H and O–H groups in total. The third kappa shape index (κ3) is 30.7. The van der Waals surface area contributed by atoms with Crippen molar-refractivity contribution >= 4 is 59.3 Å². The van der Waals surface area contributed by atoms with E-state index >= 15 is 0 Å². The van der Waals surface area contributed by atoms with Crippen LogP contribution in [-0.4, -0.2) is 280 Å². The molecule has 37 heteroatoms. The Labute approximate surface area is 567 Å². The summed E-state index contributed by atoms with van der Waals surface area (Å²) in [4.78, 5) is 122. The first-order chi connectivity index (χ1) is 47.1. The van der Waals surface area contributed by atoms with Gasteiger partial charge in [0.1, 0.15) is 35.7 Å². The number of imide groups is 1. The maximum atomic E-state index is 13.1. The van der Waals surface area contributed by atoms with Gasteiger partial charge >= 0.3 is 23.9 Å². The van der Waals surface area contributed by atoms with E-state index in [-0.39, 0.29) is 157 Å². The summed E-state index contributed by atoms with van der Waals surface area (Å²) in [5.74, 6) is -4.94. The number of nitrogens with one attached hydrogen (secondary N) is 4. The number of hydrogen-bond acceptors (Lipinski definition) is 30. The van der Waals surface area contributed by atoms with E-state index in [1.165, 1.54) is 41.5 Å². The van der Waals surface area contributed by atoms with Gasteiger partial charge in [-0.05, 0) is 12.8 Å². The standard InChI is InChI=1S/C61H95N11O26/c1-9-48-56(93-41(5)75)58(95-43(7)77)54(63-39(3)73)60(97-48)91-31-29-87-27-25-85-21-17-70-33-45(66-68-70)35-89-37-47(65-51(80)14-19-83-23-24-84-20-15-62-50(79)13-16-72-52(81)11-12-53(72)82)38-90-36-46-34-71(69-67-46)18-22-86-26-28-88-30-32-92-61-55(64-40(4)74)59(96-44(8)78)57(94-42(6)76)49(10-2)98-61/h11-12,33-34,47-49,54-61H,9-10,13-32,35-38H2,1-8H3,(H,62,79)(H,63,73)(H,64,74)(H,65,80)/t47?,48?,49?,54-,55?,56-,57-,58?,59+,60+,61+/m1/s1. The van der Waals surface area contributed by atoms with Crippen LogP contribution in [0.3, 0.4) is 0 Å². The predicted molar refractivity (Wildman–Crippen MR) is 332 cm³/mol. The third-order valence-electron chi connectivity index (χ3n) is 14.3. The number of carbonyl (C=O) groups excluding carboxylic acids is 10. The zero-order valence-electron chi connectivity index (χ0n) is 56.8. The van der Waals surface area contributed by atoms with Crippen LogP contribution in [0.5, 0.6) is 0 Å². The Morgan fingerprint density at radius 2 is 0.878 bits per heavy atom. The molecule has 2 fully saturated rings. The quantitative estimate of drug-likeness (QED) is 0.0242. The zero-order chi connectivity index (χ0) is 71.2. The fourth-order valence-electron chi connectivity index (χ4n) is 10.0. The molecule has 3 aliphatic heterocycles. The maximum Gasteiger partial charge on any atom is 0.303 e. The van der Waals surface area contributed by atoms with Gasteiger partial charge in [0.15, 0.2) is 37.0 Å². The van der Waals surface area contributed by atoms with Gasteiger partial charge in [-0.2, -0.15) is 0 Å². The molecular formula is C61H95N11O26. The second-order valence-corrected chi connectivity index (χ2v) is 22.3. The first kappa shape index (κ1) is 81.1. The third-order valence-corrected chi connectivity index (χ3v) is 14.3. The fraction of sp³-hybridized carbons (Fsp3) is 0.738. The first-order valence-electron chi connectivity index (χ1n) is 32.4. The lowest BCUT2D eigenvalue weighted by molar-refractivity contribution is -0.273. The summed E-state index contributed by atoms with van der Waals surface area (Å²) >= 11 is 0. The van der Waals surface area contributed by atoms with Crippen LogP contribution < -0.4 is 21.3 Å². The smallest absolute Gasteiger partial charge is 0.303 e. The molecule has 0 aromatic carbocycles. The Balaban J connectivity index is 0.995. The van der Waals surface area contributed by atoms with E-state index in [9.17, 15) is 47.9 Å². The normalized spacial score (nSPS) is 21.7. The van der Waals surface area contributed by atoms with Crippen molar-refractivity contribution < 1.29 is 124 Å². The number of rotatable bonds is 49. The lowest BCUT2D eigenvalue weighted by Gasteiger charge is -2.45. The minimum absolute atomic E-state index is 0.00984. The molecule has 0 bridgehead atoms. The van der Waals surface area contributed by atoms with Crippen molar-refractivity contribution in [3.63, 3.8) is 0 Å². The van der Waals surface area contributed by atoms with Crippen LogP contribution in [0, 0.1) is 0 Å². The van der Waals surface area contributed by atoms with Crippen LogP contribution in [0.15, 0.2) is 24.5 Å². The molecule has 37 nitrogen and oxygen atoms in total.